The van der Waals surface area contributed by atoms with Gasteiger partial charge in [-0.15, -0.1) is 0 Å². The van der Waals surface area contributed by atoms with E-state index in [0.717, 1.165) is 6.42 Å². The highest BCUT2D eigenvalue weighted by molar-refractivity contribution is 5.80. The summed E-state index contributed by atoms with van der Waals surface area (Å²) in [5.41, 5.74) is 6.19. The van der Waals surface area contributed by atoms with E-state index in [1.165, 1.54) is 5.57 Å². The van der Waals surface area contributed by atoms with Crippen LogP contribution in [0.4, 0.5) is 0 Å². The van der Waals surface area contributed by atoms with Crippen LogP contribution in [0.15, 0.2) is 11.6 Å². The number of rotatable bonds is 2. The minimum atomic E-state index is -0.214. The molecule has 1 unspecified atom stereocenters. The third-order valence-electron chi connectivity index (χ3n) is 1.42. The molecule has 0 aromatic carbocycles. The smallest absolute Gasteiger partial charge is 0.224 e. The molecule has 1 aliphatic rings. The van der Waals surface area contributed by atoms with E-state index >= 15 is 0 Å². The molecule has 0 saturated carbocycles. The average Bonchev–Trinajstić information content (AvgIpc) is 2.43. The van der Waals surface area contributed by atoms with E-state index in [-0.39, 0.29) is 11.8 Å². The molecule has 2 N–H and O–H groups in total. The van der Waals surface area contributed by atoms with Crippen LogP contribution in [0.2, 0.25) is 0 Å². The van der Waals surface area contributed by atoms with Crippen LogP contribution in [-0.4, -0.2) is 5.91 Å². The van der Waals surface area contributed by atoms with Gasteiger partial charge in [-0.3, -0.25) is 4.79 Å². The minimum absolute atomic E-state index is 0.0185. The van der Waals surface area contributed by atoms with Crippen LogP contribution in [-0.2, 0) is 4.79 Å². The van der Waals surface area contributed by atoms with E-state index in [0.29, 0.717) is 0 Å². The summed E-state index contributed by atoms with van der Waals surface area (Å²) < 4.78 is 0. The highest BCUT2D eigenvalue weighted by Gasteiger charge is 2.19. The number of primary amides is 1. The van der Waals surface area contributed by atoms with Crippen LogP contribution in [0.1, 0.15) is 13.3 Å². The maximum atomic E-state index is 10.4. The van der Waals surface area contributed by atoms with Crippen molar-refractivity contribution in [3.8, 4) is 0 Å². The zero-order valence-corrected chi connectivity index (χ0v) is 4.85. The van der Waals surface area contributed by atoms with Crippen molar-refractivity contribution in [2.24, 2.45) is 11.7 Å². The topological polar surface area (TPSA) is 43.1 Å². The molecule has 2 nitrogen and oxygen atoms in total. The Morgan fingerprint density at radius 2 is 2.50 bits per heavy atom. The van der Waals surface area contributed by atoms with Crippen LogP contribution < -0.4 is 5.73 Å². The summed E-state index contributed by atoms with van der Waals surface area (Å²) in [6.07, 6.45) is 3.01. The highest BCUT2D eigenvalue weighted by atomic mass is 16.1. The third-order valence-corrected chi connectivity index (χ3v) is 1.42. The van der Waals surface area contributed by atoms with Gasteiger partial charge in [0.25, 0.3) is 0 Å². The number of amides is 1. The van der Waals surface area contributed by atoms with E-state index in [2.05, 4.69) is 0 Å². The van der Waals surface area contributed by atoms with Gasteiger partial charge in [-0.25, -0.2) is 0 Å². The van der Waals surface area contributed by atoms with Crippen molar-refractivity contribution in [3.05, 3.63) is 11.6 Å². The molecule has 0 bridgehead atoms. The normalized spacial score (nSPS) is 19.4. The van der Waals surface area contributed by atoms with E-state index in [1.807, 2.05) is 13.0 Å². The second-order valence-electron chi connectivity index (χ2n) is 2.11. The van der Waals surface area contributed by atoms with Gasteiger partial charge in [0.15, 0.2) is 0 Å². The SMILES string of the molecule is CC(C(N)=O)C1=CC1. The number of hydrogen-bond acceptors (Lipinski definition) is 1. The largest absolute Gasteiger partial charge is 0.369 e. The van der Waals surface area contributed by atoms with Crippen molar-refractivity contribution in [1.82, 2.24) is 0 Å². The standard InChI is InChI=1S/C6H9NO/c1-4(6(7)8)5-2-3-5/h2,4H,3H2,1H3,(H2,7,8). The van der Waals surface area contributed by atoms with Gasteiger partial charge >= 0.3 is 0 Å². The molecule has 8 heavy (non-hydrogen) atoms. The number of carbonyl (C=O) groups excluding carboxylic acids is 1. The van der Waals surface area contributed by atoms with Gasteiger partial charge in [-0.2, -0.15) is 0 Å². The molecule has 0 saturated heterocycles. The fraction of sp³-hybridized carbons (Fsp3) is 0.500. The molecule has 0 fully saturated rings. The van der Waals surface area contributed by atoms with Gasteiger partial charge in [0, 0.05) is 0 Å². The molecule has 1 aliphatic carbocycles. The summed E-state index contributed by atoms with van der Waals surface area (Å²) in [6.45, 7) is 1.83. The molecule has 0 aliphatic heterocycles. The van der Waals surface area contributed by atoms with Gasteiger partial charge < -0.3 is 5.73 Å². The summed E-state index contributed by atoms with van der Waals surface area (Å²) in [5, 5.41) is 0. The fourth-order valence-corrected chi connectivity index (χ4v) is 0.595. The highest BCUT2D eigenvalue weighted by Crippen LogP contribution is 2.26. The predicted octanol–water partition coefficient (Wildman–Crippen LogP) is 0.438. The summed E-state index contributed by atoms with van der Waals surface area (Å²) >= 11 is 0. The molecule has 0 aromatic rings. The molecule has 1 amide bonds. The molecule has 0 aromatic heterocycles. The molecular formula is C6H9NO. The van der Waals surface area contributed by atoms with Crippen molar-refractivity contribution in [3.63, 3.8) is 0 Å². The summed E-state index contributed by atoms with van der Waals surface area (Å²) in [7, 11) is 0. The Morgan fingerprint density at radius 3 is 2.62 bits per heavy atom. The molecule has 1 rings (SSSR count). The first kappa shape index (κ1) is 5.35. The Kier molecular flexibility index (Phi) is 1.08. The van der Waals surface area contributed by atoms with Gasteiger partial charge in [0.05, 0.1) is 5.92 Å². The lowest BCUT2D eigenvalue weighted by Crippen LogP contribution is -2.19. The molecule has 0 spiro atoms. The first-order chi connectivity index (χ1) is 3.72. The zero-order valence-electron chi connectivity index (χ0n) is 4.85. The fourth-order valence-electron chi connectivity index (χ4n) is 0.595. The van der Waals surface area contributed by atoms with Gasteiger partial charge in [-0.05, 0) is 13.3 Å². The molecular weight excluding hydrogens is 102 g/mol. The third kappa shape index (κ3) is 0.886. The Labute approximate surface area is 48.4 Å². The lowest BCUT2D eigenvalue weighted by molar-refractivity contribution is -0.120. The van der Waals surface area contributed by atoms with E-state index in [4.69, 9.17) is 5.73 Å². The molecule has 2 heteroatoms. The predicted molar refractivity (Wildman–Crippen MR) is 31.1 cm³/mol. The molecule has 0 heterocycles. The van der Waals surface area contributed by atoms with Crippen LogP contribution in [0, 0.1) is 5.92 Å². The van der Waals surface area contributed by atoms with Crippen molar-refractivity contribution in [1.29, 1.82) is 0 Å². The molecule has 0 radical (unpaired) electrons. The van der Waals surface area contributed by atoms with Crippen molar-refractivity contribution < 1.29 is 4.79 Å². The van der Waals surface area contributed by atoms with Crippen molar-refractivity contribution >= 4 is 5.91 Å². The second-order valence-corrected chi connectivity index (χ2v) is 2.11. The maximum Gasteiger partial charge on any atom is 0.224 e. The Balaban J connectivity index is 2.45. The van der Waals surface area contributed by atoms with Gasteiger partial charge in [0.2, 0.25) is 5.91 Å². The maximum absolute atomic E-state index is 10.4. The second kappa shape index (κ2) is 1.62. The Bertz CT molecular complexity index is 147. The molecule has 44 valence electrons. The quantitative estimate of drug-likeness (QED) is 0.516. The van der Waals surface area contributed by atoms with Gasteiger partial charge in [0.1, 0.15) is 0 Å². The number of hydrogen-bond donors (Lipinski definition) is 1. The van der Waals surface area contributed by atoms with Crippen LogP contribution in [0.5, 0.6) is 0 Å². The first-order valence-corrected chi connectivity index (χ1v) is 2.70. The van der Waals surface area contributed by atoms with Gasteiger partial charge in [-0.1, -0.05) is 11.6 Å². The summed E-state index contributed by atoms with van der Waals surface area (Å²) in [5.74, 6) is -0.233. The minimum Gasteiger partial charge on any atom is -0.369 e. The van der Waals surface area contributed by atoms with E-state index < -0.39 is 0 Å². The van der Waals surface area contributed by atoms with Crippen molar-refractivity contribution in [2.45, 2.75) is 13.3 Å². The lowest BCUT2D eigenvalue weighted by atomic mass is 10.1. The molecule has 1 atom stereocenters. The van der Waals surface area contributed by atoms with Crippen LogP contribution in [0.3, 0.4) is 0 Å². The van der Waals surface area contributed by atoms with Crippen molar-refractivity contribution in [2.75, 3.05) is 0 Å². The summed E-state index contributed by atoms with van der Waals surface area (Å²) in [4.78, 5) is 10.4. The van der Waals surface area contributed by atoms with Crippen LogP contribution >= 0.6 is 0 Å². The lowest BCUT2D eigenvalue weighted by Gasteiger charge is -1.97. The Hall–Kier alpha value is -0.790. The van der Waals surface area contributed by atoms with E-state index in [9.17, 15) is 4.79 Å². The number of nitrogens with two attached hydrogens (primary N) is 1. The van der Waals surface area contributed by atoms with E-state index in [1.54, 1.807) is 0 Å². The average molecular weight is 111 g/mol. The Morgan fingerprint density at radius 1 is 2.00 bits per heavy atom. The number of carbonyl (C=O) groups is 1. The number of allylic oxidation sites excluding steroid dienone is 1. The first-order valence-electron chi connectivity index (χ1n) is 2.70. The monoisotopic (exact) mass is 111 g/mol. The zero-order chi connectivity index (χ0) is 6.15. The summed E-state index contributed by atoms with van der Waals surface area (Å²) in [6, 6.07) is 0. The van der Waals surface area contributed by atoms with Crippen LogP contribution in [0.25, 0.3) is 0 Å².